The summed E-state index contributed by atoms with van der Waals surface area (Å²) in [5.41, 5.74) is 11.9. The first-order valence-corrected chi connectivity index (χ1v) is 11.9. The van der Waals surface area contributed by atoms with Crippen LogP contribution < -0.4 is 0 Å². The molecule has 2 aromatic rings. The molecule has 30 heavy (non-hydrogen) atoms. The minimum absolute atomic E-state index is 0.200. The highest BCUT2D eigenvalue weighted by Crippen LogP contribution is 2.40. The van der Waals surface area contributed by atoms with Crippen LogP contribution in [-0.2, 0) is 11.8 Å². The number of aryl methyl sites for hydroxylation is 2. The molecule has 0 spiro atoms. The van der Waals surface area contributed by atoms with Crippen LogP contribution in [0, 0.1) is 12.8 Å². The third-order valence-electron chi connectivity index (χ3n) is 7.05. The van der Waals surface area contributed by atoms with Gasteiger partial charge in [-0.1, -0.05) is 89.6 Å². The second-order valence-corrected chi connectivity index (χ2v) is 10.9. The summed E-state index contributed by atoms with van der Waals surface area (Å²) in [7, 11) is 0. The summed E-state index contributed by atoms with van der Waals surface area (Å²) in [5.74, 6) is 1.59. The van der Waals surface area contributed by atoms with E-state index >= 15 is 0 Å². The molecule has 0 aromatic heterocycles. The molecule has 2 aliphatic carbocycles. The van der Waals surface area contributed by atoms with Gasteiger partial charge in [0.1, 0.15) is 0 Å². The van der Waals surface area contributed by atoms with E-state index in [2.05, 4.69) is 90.1 Å². The predicted molar refractivity (Wildman–Crippen MR) is 132 cm³/mol. The fraction of sp³-hybridized carbons (Fsp3) is 0.467. The summed E-state index contributed by atoms with van der Waals surface area (Å²) in [6, 6.07) is 14.3. The lowest BCUT2D eigenvalue weighted by atomic mass is 9.83. The van der Waals surface area contributed by atoms with Crippen molar-refractivity contribution in [2.75, 3.05) is 0 Å². The van der Waals surface area contributed by atoms with E-state index in [1.165, 1.54) is 59.1 Å². The fourth-order valence-electron chi connectivity index (χ4n) is 5.35. The number of allylic oxidation sites excluding steroid dienone is 4. The van der Waals surface area contributed by atoms with Gasteiger partial charge in [-0.05, 0) is 94.4 Å². The van der Waals surface area contributed by atoms with Gasteiger partial charge in [0.15, 0.2) is 0 Å². The zero-order valence-electron chi connectivity index (χ0n) is 19.8. The highest BCUT2D eigenvalue weighted by molar-refractivity contribution is 5.89. The van der Waals surface area contributed by atoms with E-state index in [0.717, 1.165) is 18.3 Å². The van der Waals surface area contributed by atoms with Crippen molar-refractivity contribution in [2.24, 2.45) is 5.92 Å². The molecule has 0 radical (unpaired) electrons. The molecule has 0 amide bonds. The maximum atomic E-state index is 2.49. The van der Waals surface area contributed by atoms with Gasteiger partial charge in [0.25, 0.3) is 0 Å². The maximum absolute atomic E-state index is 2.49. The molecule has 0 fully saturated rings. The summed E-state index contributed by atoms with van der Waals surface area (Å²) < 4.78 is 0. The van der Waals surface area contributed by atoms with Crippen LogP contribution in [0.15, 0.2) is 48.6 Å². The van der Waals surface area contributed by atoms with Crippen LogP contribution >= 0.6 is 0 Å². The van der Waals surface area contributed by atoms with Gasteiger partial charge in [0, 0.05) is 0 Å². The highest BCUT2D eigenvalue weighted by Gasteiger charge is 2.23. The van der Waals surface area contributed by atoms with Crippen molar-refractivity contribution in [1.82, 2.24) is 0 Å². The van der Waals surface area contributed by atoms with Crippen LogP contribution in [0.3, 0.4) is 0 Å². The highest BCUT2D eigenvalue weighted by atomic mass is 14.3. The Hall–Kier alpha value is -2.08. The summed E-state index contributed by atoms with van der Waals surface area (Å²) in [6.45, 7) is 13.8. The van der Waals surface area contributed by atoms with Gasteiger partial charge >= 0.3 is 0 Å². The first-order chi connectivity index (χ1) is 14.2. The predicted octanol–water partition coefficient (Wildman–Crippen LogP) is 8.63. The molecule has 4 rings (SSSR count). The molecule has 0 saturated heterocycles. The Balaban J connectivity index is 1.52. The number of fused-ring (bicyclic) bond motifs is 1. The lowest BCUT2D eigenvalue weighted by molar-refractivity contribution is 0.497. The normalized spacial score (nSPS) is 18.6. The quantitative estimate of drug-likeness (QED) is 0.473. The summed E-state index contributed by atoms with van der Waals surface area (Å²) in [4.78, 5) is 0. The van der Waals surface area contributed by atoms with Crippen molar-refractivity contribution in [3.8, 4) is 0 Å². The van der Waals surface area contributed by atoms with Crippen LogP contribution in [0.25, 0.3) is 11.1 Å². The van der Waals surface area contributed by atoms with E-state index in [-0.39, 0.29) is 5.41 Å². The Morgan fingerprint density at radius 1 is 1.00 bits per heavy atom. The number of hydrogen-bond acceptors (Lipinski definition) is 0. The summed E-state index contributed by atoms with van der Waals surface area (Å²) in [5, 5.41) is 0. The summed E-state index contributed by atoms with van der Waals surface area (Å²) >= 11 is 0. The van der Waals surface area contributed by atoms with Gasteiger partial charge in [-0.15, -0.1) is 0 Å². The molecule has 0 bridgehead atoms. The first kappa shape index (κ1) is 21.2. The Labute approximate surface area is 184 Å². The molecular formula is C30H38. The monoisotopic (exact) mass is 398 g/mol. The van der Waals surface area contributed by atoms with E-state index in [1.807, 2.05) is 0 Å². The molecule has 0 nitrogen and oxygen atoms in total. The Morgan fingerprint density at radius 2 is 1.77 bits per heavy atom. The molecule has 0 heteroatoms. The molecule has 2 aliphatic rings. The topological polar surface area (TPSA) is 0 Å². The van der Waals surface area contributed by atoms with Crippen molar-refractivity contribution >= 4 is 11.1 Å². The Morgan fingerprint density at radius 3 is 2.47 bits per heavy atom. The standard InChI is InChI=1S/C30H38/c1-20(2)7-8-22-9-12-27-19-26(13-15-28(22)27)25-11-10-24(18-25)23-14-16-29(21(3)17-23)30(4,5)6/h10,13-20,22H,7-9,11-12H2,1-6H3. The second-order valence-electron chi connectivity index (χ2n) is 10.9. The van der Waals surface area contributed by atoms with Gasteiger partial charge in [-0.2, -0.15) is 0 Å². The van der Waals surface area contributed by atoms with E-state index in [9.17, 15) is 0 Å². The number of benzene rings is 2. The van der Waals surface area contributed by atoms with Crippen molar-refractivity contribution in [1.29, 1.82) is 0 Å². The average Bonchev–Trinajstić information content (AvgIpc) is 3.32. The zero-order chi connectivity index (χ0) is 21.5. The van der Waals surface area contributed by atoms with E-state index in [4.69, 9.17) is 0 Å². The largest absolute Gasteiger partial charge is 0.0722 e. The summed E-state index contributed by atoms with van der Waals surface area (Å²) in [6.07, 6.45) is 11.2. The Bertz CT molecular complexity index is 991. The van der Waals surface area contributed by atoms with E-state index in [0.29, 0.717) is 0 Å². The van der Waals surface area contributed by atoms with Gasteiger partial charge in [-0.3, -0.25) is 0 Å². The molecule has 0 saturated carbocycles. The van der Waals surface area contributed by atoms with Gasteiger partial charge in [0.05, 0.1) is 0 Å². The average molecular weight is 399 g/mol. The minimum Gasteiger partial charge on any atom is -0.0722 e. The van der Waals surface area contributed by atoms with Gasteiger partial charge < -0.3 is 0 Å². The smallest absolute Gasteiger partial charge is 0.00821 e. The molecule has 0 heterocycles. The van der Waals surface area contributed by atoms with Crippen LogP contribution in [0.5, 0.6) is 0 Å². The minimum atomic E-state index is 0.200. The first-order valence-electron chi connectivity index (χ1n) is 11.9. The molecule has 1 atom stereocenters. The van der Waals surface area contributed by atoms with E-state index in [1.54, 1.807) is 11.1 Å². The Kier molecular flexibility index (Phi) is 5.80. The molecule has 0 N–H and O–H groups in total. The van der Waals surface area contributed by atoms with Crippen molar-refractivity contribution in [3.05, 3.63) is 81.9 Å². The van der Waals surface area contributed by atoms with E-state index < -0.39 is 0 Å². The molecular weight excluding hydrogens is 360 g/mol. The fourth-order valence-corrected chi connectivity index (χ4v) is 5.35. The maximum Gasteiger partial charge on any atom is -0.00821 e. The van der Waals surface area contributed by atoms with Gasteiger partial charge in [0.2, 0.25) is 0 Å². The third kappa shape index (κ3) is 4.34. The lowest BCUT2D eigenvalue weighted by Crippen LogP contribution is -2.13. The van der Waals surface area contributed by atoms with Crippen LogP contribution in [0.4, 0.5) is 0 Å². The molecule has 2 aromatic carbocycles. The molecule has 1 unspecified atom stereocenters. The molecule has 158 valence electrons. The van der Waals surface area contributed by atoms with Crippen molar-refractivity contribution < 1.29 is 0 Å². The van der Waals surface area contributed by atoms with Crippen LogP contribution in [0.2, 0.25) is 0 Å². The van der Waals surface area contributed by atoms with Crippen molar-refractivity contribution in [3.63, 3.8) is 0 Å². The lowest BCUT2D eigenvalue weighted by Gasteiger charge is -2.22. The zero-order valence-corrected chi connectivity index (χ0v) is 19.8. The van der Waals surface area contributed by atoms with Gasteiger partial charge in [-0.25, -0.2) is 0 Å². The van der Waals surface area contributed by atoms with Crippen LogP contribution in [-0.4, -0.2) is 0 Å². The number of hydrogen-bond donors (Lipinski definition) is 0. The SMILES string of the molecule is Cc1cc(C2=CCC(c3ccc4c(c3)CCC4CCC(C)C)=C2)ccc1C(C)(C)C. The van der Waals surface area contributed by atoms with Crippen LogP contribution in [0.1, 0.15) is 99.6 Å². The molecule has 0 aliphatic heterocycles. The van der Waals surface area contributed by atoms with Crippen molar-refractivity contribution in [2.45, 2.75) is 85.0 Å². The third-order valence-corrected chi connectivity index (χ3v) is 7.05. The second kappa shape index (κ2) is 8.22. The number of rotatable bonds is 5.